The number of aromatic carboxylic acids is 1. The zero-order valence-corrected chi connectivity index (χ0v) is 10.1. The Balaban J connectivity index is 2.11. The molecule has 0 radical (unpaired) electrons. The molecule has 0 atom stereocenters. The minimum absolute atomic E-state index is 0.226. The van der Waals surface area contributed by atoms with Gasteiger partial charge in [0, 0.05) is 17.7 Å². The fourth-order valence-electron chi connectivity index (χ4n) is 1.78. The van der Waals surface area contributed by atoms with Gasteiger partial charge in [-0.3, -0.25) is 4.98 Å². The van der Waals surface area contributed by atoms with E-state index in [-0.39, 0.29) is 10.8 Å². The normalized spacial score (nSPS) is 14.7. The zero-order chi connectivity index (χ0) is 12.7. The summed E-state index contributed by atoms with van der Waals surface area (Å²) >= 11 is 1.02. The lowest BCUT2D eigenvalue weighted by Gasteiger charge is -1.96. The van der Waals surface area contributed by atoms with Crippen molar-refractivity contribution in [3.8, 4) is 10.6 Å². The van der Waals surface area contributed by atoms with Crippen molar-refractivity contribution in [3.63, 3.8) is 0 Å². The van der Waals surface area contributed by atoms with Crippen molar-refractivity contribution in [2.24, 2.45) is 0 Å². The SMILES string of the molecule is O=C(O)c1sc(-c2ccncc2F)nc1C1CC1. The number of rotatable bonds is 3. The van der Waals surface area contributed by atoms with E-state index in [1.54, 1.807) is 0 Å². The van der Waals surface area contributed by atoms with E-state index in [9.17, 15) is 9.18 Å². The number of hydrogen-bond acceptors (Lipinski definition) is 4. The topological polar surface area (TPSA) is 63.1 Å². The van der Waals surface area contributed by atoms with Crippen molar-refractivity contribution < 1.29 is 14.3 Å². The van der Waals surface area contributed by atoms with Crippen LogP contribution in [-0.2, 0) is 0 Å². The lowest BCUT2D eigenvalue weighted by Crippen LogP contribution is -1.97. The van der Waals surface area contributed by atoms with Crippen molar-refractivity contribution in [1.82, 2.24) is 9.97 Å². The number of carbonyl (C=O) groups is 1. The number of thiazole rings is 1. The average Bonchev–Trinajstić information content (AvgIpc) is 3.09. The van der Waals surface area contributed by atoms with Crippen molar-refractivity contribution in [2.75, 3.05) is 0 Å². The average molecular weight is 264 g/mol. The Kier molecular flexibility index (Phi) is 2.59. The summed E-state index contributed by atoms with van der Waals surface area (Å²) in [6, 6.07) is 1.51. The Hall–Kier alpha value is -1.82. The molecule has 18 heavy (non-hydrogen) atoms. The number of carboxylic acids is 1. The first-order valence-electron chi connectivity index (χ1n) is 5.50. The number of carboxylic acid groups (broad SMARTS) is 1. The molecule has 1 N–H and O–H groups in total. The van der Waals surface area contributed by atoms with E-state index in [0.29, 0.717) is 16.3 Å². The van der Waals surface area contributed by atoms with Gasteiger partial charge in [0.1, 0.15) is 9.88 Å². The molecule has 1 fully saturated rings. The Labute approximate surface area is 106 Å². The highest BCUT2D eigenvalue weighted by Crippen LogP contribution is 2.44. The van der Waals surface area contributed by atoms with Gasteiger partial charge in [-0.2, -0.15) is 0 Å². The number of halogens is 1. The molecule has 2 heterocycles. The monoisotopic (exact) mass is 264 g/mol. The molecule has 0 amide bonds. The highest BCUT2D eigenvalue weighted by atomic mass is 32.1. The van der Waals surface area contributed by atoms with Crippen LogP contribution in [0.3, 0.4) is 0 Å². The molecule has 2 aromatic heterocycles. The van der Waals surface area contributed by atoms with Gasteiger partial charge in [-0.1, -0.05) is 0 Å². The molecule has 0 aromatic carbocycles. The van der Waals surface area contributed by atoms with Gasteiger partial charge in [0.25, 0.3) is 0 Å². The van der Waals surface area contributed by atoms with Crippen LogP contribution >= 0.6 is 11.3 Å². The lowest BCUT2D eigenvalue weighted by atomic mass is 10.2. The van der Waals surface area contributed by atoms with Gasteiger partial charge >= 0.3 is 5.97 Å². The molecule has 6 heteroatoms. The van der Waals surface area contributed by atoms with Crippen LogP contribution in [0.5, 0.6) is 0 Å². The molecule has 2 aromatic rings. The number of pyridine rings is 1. The van der Waals surface area contributed by atoms with Gasteiger partial charge in [0.05, 0.1) is 11.9 Å². The van der Waals surface area contributed by atoms with E-state index in [1.165, 1.54) is 12.3 Å². The lowest BCUT2D eigenvalue weighted by molar-refractivity contribution is 0.0700. The Bertz CT molecular complexity index is 622. The molecular weight excluding hydrogens is 255 g/mol. The first-order valence-corrected chi connectivity index (χ1v) is 6.32. The maximum atomic E-state index is 13.6. The molecule has 0 unspecified atom stereocenters. The van der Waals surface area contributed by atoms with E-state index >= 15 is 0 Å². The number of hydrogen-bond donors (Lipinski definition) is 1. The Morgan fingerprint density at radius 3 is 2.89 bits per heavy atom. The molecule has 1 aliphatic rings. The minimum atomic E-state index is -0.991. The molecule has 0 bridgehead atoms. The van der Waals surface area contributed by atoms with E-state index in [2.05, 4.69) is 9.97 Å². The molecule has 1 aliphatic carbocycles. The van der Waals surface area contributed by atoms with Crippen LogP contribution in [0.2, 0.25) is 0 Å². The van der Waals surface area contributed by atoms with Crippen molar-refractivity contribution >= 4 is 17.3 Å². The quantitative estimate of drug-likeness (QED) is 0.925. The third-order valence-electron chi connectivity index (χ3n) is 2.81. The summed E-state index contributed by atoms with van der Waals surface area (Å²) < 4.78 is 13.6. The van der Waals surface area contributed by atoms with Gasteiger partial charge in [-0.15, -0.1) is 11.3 Å². The fraction of sp³-hybridized carbons (Fsp3) is 0.250. The maximum absolute atomic E-state index is 13.6. The second-order valence-electron chi connectivity index (χ2n) is 4.17. The zero-order valence-electron chi connectivity index (χ0n) is 9.26. The summed E-state index contributed by atoms with van der Waals surface area (Å²) in [5.74, 6) is -1.24. The van der Waals surface area contributed by atoms with Crippen LogP contribution in [0, 0.1) is 5.82 Å². The molecule has 4 nitrogen and oxygen atoms in total. The predicted molar refractivity (Wildman–Crippen MR) is 64.2 cm³/mol. The van der Waals surface area contributed by atoms with E-state index < -0.39 is 11.8 Å². The van der Waals surface area contributed by atoms with E-state index in [4.69, 9.17) is 5.11 Å². The molecule has 3 rings (SSSR count). The second-order valence-corrected chi connectivity index (χ2v) is 5.17. The van der Waals surface area contributed by atoms with Gasteiger partial charge in [0.15, 0.2) is 5.82 Å². The van der Waals surface area contributed by atoms with Gasteiger partial charge in [-0.05, 0) is 18.9 Å². The standard InChI is InChI=1S/C12H9FN2O2S/c13-8-5-14-4-3-7(8)11-15-9(6-1-2-6)10(18-11)12(16)17/h3-6H,1-2H2,(H,16,17). The van der Waals surface area contributed by atoms with Crippen LogP contribution in [0.15, 0.2) is 18.5 Å². The smallest absolute Gasteiger partial charge is 0.347 e. The largest absolute Gasteiger partial charge is 0.477 e. The predicted octanol–water partition coefficient (Wildman–Crippen LogP) is 2.92. The second kappa shape index (κ2) is 4.13. The maximum Gasteiger partial charge on any atom is 0.347 e. The van der Waals surface area contributed by atoms with Gasteiger partial charge in [-0.25, -0.2) is 14.2 Å². The Morgan fingerprint density at radius 2 is 2.28 bits per heavy atom. The van der Waals surface area contributed by atoms with Crippen LogP contribution in [0.1, 0.15) is 34.1 Å². The summed E-state index contributed by atoms with van der Waals surface area (Å²) in [5.41, 5.74) is 0.906. The summed E-state index contributed by atoms with van der Waals surface area (Å²) in [6.45, 7) is 0. The van der Waals surface area contributed by atoms with Crippen LogP contribution in [0.4, 0.5) is 4.39 Å². The molecule has 0 saturated heterocycles. The number of nitrogens with zero attached hydrogens (tertiary/aromatic N) is 2. The molecule has 92 valence electrons. The highest BCUT2D eigenvalue weighted by Gasteiger charge is 2.32. The summed E-state index contributed by atoms with van der Waals surface area (Å²) in [4.78, 5) is 19.3. The van der Waals surface area contributed by atoms with Gasteiger partial charge < -0.3 is 5.11 Å². The third kappa shape index (κ3) is 1.88. The van der Waals surface area contributed by atoms with Crippen LogP contribution in [-0.4, -0.2) is 21.0 Å². The van der Waals surface area contributed by atoms with Crippen molar-refractivity contribution in [2.45, 2.75) is 18.8 Å². The summed E-state index contributed by atoms with van der Waals surface area (Å²) in [6.07, 6.45) is 4.50. The third-order valence-corrected chi connectivity index (χ3v) is 3.91. The van der Waals surface area contributed by atoms with Gasteiger partial charge in [0.2, 0.25) is 0 Å². The van der Waals surface area contributed by atoms with Crippen molar-refractivity contribution in [3.05, 3.63) is 34.8 Å². The van der Waals surface area contributed by atoms with Crippen molar-refractivity contribution in [1.29, 1.82) is 0 Å². The summed E-state index contributed by atoms with van der Waals surface area (Å²) in [7, 11) is 0. The first kappa shape index (κ1) is 11.3. The fourth-order valence-corrected chi connectivity index (χ4v) is 2.80. The summed E-state index contributed by atoms with van der Waals surface area (Å²) in [5, 5.41) is 9.55. The van der Waals surface area contributed by atoms with E-state index in [1.807, 2.05) is 0 Å². The Morgan fingerprint density at radius 1 is 1.50 bits per heavy atom. The molecule has 0 spiro atoms. The molecule has 0 aliphatic heterocycles. The first-order chi connectivity index (χ1) is 8.66. The van der Waals surface area contributed by atoms with Crippen LogP contribution in [0.25, 0.3) is 10.6 Å². The molecule has 1 saturated carbocycles. The van der Waals surface area contributed by atoms with E-state index in [0.717, 1.165) is 30.4 Å². The highest BCUT2D eigenvalue weighted by molar-refractivity contribution is 7.17. The number of aromatic nitrogens is 2. The minimum Gasteiger partial charge on any atom is -0.477 e. The van der Waals surface area contributed by atoms with Crippen LogP contribution < -0.4 is 0 Å². The molecular formula is C12H9FN2O2S.